The molecule has 2 rings (SSSR count). The average Bonchev–Trinajstić information content (AvgIpc) is 2.87. The van der Waals surface area contributed by atoms with Crippen molar-refractivity contribution in [3.63, 3.8) is 0 Å². The van der Waals surface area contributed by atoms with Gasteiger partial charge in [0.1, 0.15) is 5.82 Å². The van der Waals surface area contributed by atoms with Crippen molar-refractivity contribution in [2.45, 2.75) is 32.9 Å². The number of halogens is 1. The molecule has 1 aliphatic rings. The Bertz CT molecular complexity index is 678. The lowest BCUT2D eigenvalue weighted by atomic mass is 10.2. The highest BCUT2D eigenvalue weighted by Crippen LogP contribution is 2.18. The summed E-state index contributed by atoms with van der Waals surface area (Å²) in [7, 11) is -3.02. The third-order valence-electron chi connectivity index (χ3n) is 4.41. The number of hydrogen-bond acceptors (Lipinski definition) is 4. The molecule has 0 radical (unpaired) electrons. The fraction of sp³-hybridized carbons (Fsp3) is 0.588. The van der Waals surface area contributed by atoms with Gasteiger partial charge in [-0.3, -0.25) is 9.69 Å². The summed E-state index contributed by atoms with van der Waals surface area (Å²) in [6.45, 7) is 5.66. The molecule has 1 saturated heterocycles. The molecule has 0 aromatic heterocycles. The standard InChI is InChI=1S/C17H25FN2O3S/c1-3-19(11-14-6-5-7-15(18)10-14)12-17(21)20(4-2)16-8-9-24(22,23)13-16/h5-7,10,16H,3-4,8-9,11-13H2,1-2H3. The van der Waals surface area contributed by atoms with E-state index in [0.717, 1.165) is 5.56 Å². The minimum Gasteiger partial charge on any atom is -0.338 e. The Kier molecular flexibility index (Phi) is 6.34. The first-order valence-corrected chi connectivity index (χ1v) is 10.1. The van der Waals surface area contributed by atoms with Crippen LogP contribution in [0, 0.1) is 5.82 Å². The van der Waals surface area contributed by atoms with Gasteiger partial charge in [0.15, 0.2) is 9.84 Å². The molecule has 5 nitrogen and oxygen atoms in total. The maximum absolute atomic E-state index is 13.3. The van der Waals surface area contributed by atoms with Crippen LogP contribution in [-0.2, 0) is 21.2 Å². The first kappa shape index (κ1) is 18.9. The molecule has 1 aliphatic heterocycles. The van der Waals surface area contributed by atoms with Crippen LogP contribution in [-0.4, -0.2) is 61.3 Å². The Morgan fingerprint density at radius 2 is 2.04 bits per heavy atom. The summed E-state index contributed by atoms with van der Waals surface area (Å²) in [5.74, 6) is -0.149. The number of likely N-dealkylation sites (N-methyl/N-ethyl adjacent to an activating group) is 2. The van der Waals surface area contributed by atoms with Gasteiger partial charge in [0.05, 0.1) is 18.1 Å². The number of carbonyl (C=O) groups is 1. The van der Waals surface area contributed by atoms with Crippen LogP contribution in [0.1, 0.15) is 25.8 Å². The van der Waals surface area contributed by atoms with E-state index < -0.39 is 9.84 Å². The summed E-state index contributed by atoms with van der Waals surface area (Å²) in [6, 6.07) is 6.12. The van der Waals surface area contributed by atoms with Crippen LogP contribution in [0.25, 0.3) is 0 Å². The molecular formula is C17H25FN2O3S. The highest BCUT2D eigenvalue weighted by atomic mass is 32.2. The molecule has 0 N–H and O–H groups in total. The Hall–Kier alpha value is -1.47. The minimum absolute atomic E-state index is 0.0581. The molecule has 0 aliphatic carbocycles. The van der Waals surface area contributed by atoms with E-state index in [-0.39, 0.29) is 35.8 Å². The average molecular weight is 356 g/mol. The highest BCUT2D eigenvalue weighted by molar-refractivity contribution is 7.91. The molecule has 24 heavy (non-hydrogen) atoms. The van der Waals surface area contributed by atoms with Gasteiger partial charge < -0.3 is 4.90 Å². The largest absolute Gasteiger partial charge is 0.338 e. The van der Waals surface area contributed by atoms with E-state index in [4.69, 9.17) is 0 Å². The van der Waals surface area contributed by atoms with Crippen LogP contribution < -0.4 is 0 Å². The van der Waals surface area contributed by atoms with Crippen molar-refractivity contribution in [3.8, 4) is 0 Å². The van der Waals surface area contributed by atoms with Gasteiger partial charge in [0.25, 0.3) is 0 Å². The Labute approximate surface area is 143 Å². The topological polar surface area (TPSA) is 57.7 Å². The zero-order chi connectivity index (χ0) is 17.7. The molecule has 0 saturated carbocycles. The van der Waals surface area contributed by atoms with E-state index >= 15 is 0 Å². The van der Waals surface area contributed by atoms with E-state index in [1.165, 1.54) is 12.1 Å². The second-order valence-electron chi connectivity index (χ2n) is 6.17. The van der Waals surface area contributed by atoms with Crippen molar-refractivity contribution >= 4 is 15.7 Å². The summed E-state index contributed by atoms with van der Waals surface area (Å²) in [6.07, 6.45) is 0.512. The molecule has 1 amide bonds. The zero-order valence-electron chi connectivity index (χ0n) is 14.2. The highest BCUT2D eigenvalue weighted by Gasteiger charge is 2.34. The van der Waals surface area contributed by atoms with Crippen LogP contribution in [0.5, 0.6) is 0 Å². The van der Waals surface area contributed by atoms with E-state index in [2.05, 4.69) is 0 Å². The fourth-order valence-corrected chi connectivity index (χ4v) is 4.85. The molecule has 1 aromatic rings. The van der Waals surface area contributed by atoms with Gasteiger partial charge in [-0.25, -0.2) is 12.8 Å². The molecule has 0 spiro atoms. The first-order chi connectivity index (χ1) is 11.3. The van der Waals surface area contributed by atoms with Crippen molar-refractivity contribution in [2.24, 2.45) is 0 Å². The van der Waals surface area contributed by atoms with Gasteiger partial charge in [-0.15, -0.1) is 0 Å². The first-order valence-electron chi connectivity index (χ1n) is 8.31. The van der Waals surface area contributed by atoms with Crippen LogP contribution in [0.3, 0.4) is 0 Å². The maximum atomic E-state index is 13.3. The molecule has 1 atom stereocenters. The number of sulfone groups is 1. The molecule has 7 heteroatoms. The Morgan fingerprint density at radius 1 is 1.29 bits per heavy atom. The van der Waals surface area contributed by atoms with E-state index in [9.17, 15) is 17.6 Å². The second kappa shape index (κ2) is 8.07. The fourth-order valence-electron chi connectivity index (χ4n) is 3.11. The van der Waals surface area contributed by atoms with Crippen LogP contribution in [0.15, 0.2) is 24.3 Å². The third-order valence-corrected chi connectivity index (χ3v) is 6.16. The molecule has 1 fully saturated rings. The molecule has 1 aromatic carbocycles. The maximum Gasteiger partial charge on any atom is 0.237 e. The number of benzene rings is 1. The number of nitrogens with zero attached hydrogens (tertiary/aromatic N) is 2. The Balaban J connectivity index is 1.99. The smallest absolute Gasteiger partial charge is 0.237 e. The summed E-state index contributed by atoms with van der Waals surface area (Å²) < 4.78 is 36.6. The van der Waals surface area contributed by atoms with Gasteiger partial charge in [-0.2, -0.15) is 0 Å². The Morgan fingerprint density at radius 3 is 2.58 bits per heavy atom. The number of amides is 1. The van der Waals surface area contributed by atoms with Crippen LogP contribution in [0.4, 0.5) is 4.39 Å². The molecule has 0 bridgehead atoms. The van der Waals surface area contributed by atoms with E-state index in [0.29, 0.717) is 26.1 Å². The second-order valence-corrected chi connectivity index (χ2v) is 8.40. The van der Waals surface area contributed by atoms with Crippen molar-refractivity contribution in [2.75, 3.05) is 31.1 Å². The zero-order valence-corrected chi connectivity index (χ0v) is 15.1. The monoisotopic (exact) mass is 356 g/mol. The number of carbonyl (C=O) groups excluding carboxylic acids is 1. The van der Waals surface area contributed by atoms with Gasteiger partial charge >= 0.3 is 0 Å². The SMILES string of the molecule is CCN(CC(=O)N(CC)C1CCS(=O)(=O)C1)Cc1cccc(F)c1. The normalized spacial score (nSPS) is 19.6. The molecule has 1 unspecified atom stereocenters. The quantitative estimate of drug-likeness (QED) is 0.746. The molecule has 1 heterocycles. The summed E-state index contributed by atoms with van der Waals surface area (Å²) >= 11 is 0. The lowest BCUT2D eigenvalue weighted by molar-refractivity contribution is -0.134. The summed E-state index contributed by atoms with van der Waals surface area (Å²) in [5, 5.41) is 0. The molecular weight excluding hydrogens is 331 g/mol. The van der Waals surface area contributed by atoms with Gasteiger partial charge in [0, 0.05) is 19.1 Å². The lowest BCUT2D eigenvalue weighted by Crippen LogP contribution is -2.46. The van der Waals surface area contributed by atoms with Gasteiger partial charge in [0.2, 0.25) is 5.91 Å². The predicted molar refractivity (Wildman–Crippen MR) is 91.8 cm³/mol. The van der Waals surface area contributed by atoms with Crippen molar-refractivity contribution < 1.29 is 17.6 Å². The third kappa shape index (κ3) is 5.01. The predicted octanol–water partition coefficient (Wildman–Crippen LogP) is 1.68. The summed E-state index contributed by atoms with van der Waals surface area (Å²) in [4.78, 5) is 16.2. The number of rotatable bonds is 7. The van der Waals surface area contributed by atoms with E-state index in [1.807, 2.05) is 24.8 Å². The minimum atomic E-state index is -3.02. The lowest BCUT2D eigenvalue weighted by Gasteiger charge is -2.30. The van der Waals surface area contributed by atoms with Crippen molar-refractivity contribution in [3.05, 3.63) is 35.6 Å². The van der Waals surface area contributed by atoms with E-state index in [1.54, 1.807) is 11.0 Å². The summed E-state index contributed by atoms with van der Waals surface area (Å²) in [5.41, 5.74) is 0.816. The van der Waals surface area contributed by atoms with Crippen molar-refractivity contribution in [1.82, 2.24) is 9.80 Å². The van der Waals surface area contributed by atoms with Gasteiger partial charge in [-0.05, 0) is 37.6 Å². The number of hydrogen-bond donors (Lipinski definition) is 0. The van der Waals surface area contributed by atoms with Crippen LogP contribution in [0.2, 0.25) is 0 Å². The van der Waals surface area contributed by atoms with Crippen molar-refractivity contribution in [1.29, 1.82) is 0 Å². The molecule has 134 valence electrons. The van der Waals surface area contributed by atoms with Crippen LogP contribution >= 0.6 is 0 Å². The van der Waals surface area contributed by atoms with Gasteiger partial charge in [-0.1, -0.05) is 19.1 Å².